The molecule has 10 rings (SSSR count). The first-order valence-electron chi connectivity index (χ1n) is 11.4. The third-order valence-corrected chi connectivity index (χ3v) is 9.53. The Bertz CT molecular complexity index is 1170. The van der Waals surface area contributed by atoms with Gasteiger partial charge in [-0.2, -0.15) is 0 Å². The Morgan fingerprint density at radius 3 is 2.14 bits per heavy atom. The molecule has 8 aliphatic rings. The van der Waals surface area contributed by atoms with Gasteiger partial charge in [0.05, 0.1) is 17.8 Å². The van der Waals surface area contributed by atoms with Crippen LogP contribution < -0.4 is 11.4 Å². The molecule has 5 heteroatoms. The molecule has 1 aromatic carbocycles. The summed E-state index contributed by atoms with van der Waals surface area (Å²) in [6, 6.07) is 9.50. The van der Waals surface area contributed by atoms with Gasteiger partial charge in [0.1, 0.15) is 0 Å². The molecule has 8 atom stereocenters. The summed E-state index contributed by atoms with van der Waals surface area (Å²) in [4.78, 5) is 26.8. The first kappa shape index (κ1) is 15.5. The number of benzene rings is 1. The summed E-state index contributed by atoms with van der Waals surface area (Å²) in [5.74, 6) is 6.76. The van der Waals surface area contributed by atoms with Crippen LogP contribution in [0.2, 0.25) is 0 Å². The van der Waals surface area contributed by atoms with Gasteiger partial charge in [-0.1, -0.05) is 30.4 Å². The minimum Gasteiger partial charge on any atom is -0.245 e. The first-order valence-corrected chi connectivity index (χ1v) is 11.4. The summed E-state index contributed by atoms with van der Waals surface area (Å²) in [5, 5.41) is 0. The molecule has 5 fully saturated rings. The normalized spacial score (nSPS) is 46.9. The molecular weight excluding hydrogens is 362 g/mol. The molecule has 0 saturated heterocycles. The molecule has 2 aromatic rings. The fourth-order valence-corrected chi connectivity index (χ4v) is 8.44. The lowest BCUT2D eigenvalue weighted by Crippen LogP contribution is -2.54. The predicted octanol–water partition coefficient (Wildman–Crippen LogP) is 3.01. The maximum Gasteiger partial charge on any atom is 0.352 e. The summed E-state index contributed by atoms with van der Waals surface area (Å²) in [6.45, 7) is 0. The predicted molar refractivity (Wildman–Crippen MR) is 108 cm³/mol. The highest BCUT2D eigenvalue weighted by Gasteiger charge is 2.74. The van der Waals surface area contributed by atoms with E-state index in [0.717, 1.165) is 35.5 Å². The number of hydrogen-bond acceptors (Lipinski definition) is 2. The topological polar surface area (TPSA) is 48.9 Å². The van der Waals surface area contributed by atoms with Crippen LogP contribution in [0.3, 0.4) is 0 Å². The first-order chi connectivity index (χ1) is 14.2. The number of hydrogen-bond donors (Lipinski definition) is 0. The van der Waals surface area contributed by atoms with Crippen LogP contribution in [0.15, 0.2) is 52.1 Å². The smallest absolute Gasteiger partial charge is 0.245 e. The molecule has 0 unspecified atom stereocenters. The Kier molecular flexibility index (Phi) is 2.61. The lowest BCUT2D eigenvalue weighted by atomic mass is 9.56. The van der Waals surface area contributed by atoms with Crippen LogP contribution in [0.1, 0.15) is 37.8 Å². The summed E-state index contributed by atoms with van der Waals surface area (Å²) in [6.07, 6.45) is 9.88. The zero-order valence-corrected chi connectivity index (χ0v) is 16.3. The van der Waals surface area contributed by atoms with Gasteiger partial charge >= 0.3 is 11.4 Å². The Labute approximate surface area is 168 Å². The van der Waals surface area contributed by atoms with Gasteiger partial charge in [-0.15, -0.1) is 0 Å². The molecular formula is C24H25N3O2. The van der Waals surface area contributed by atoms with Crippen molar-refractivity contribution in [3.8, 4) is 5.69 Å². The lowest BCUT2D eigenvalue weighted by Gasteiger charge is -2.54. The maximum absolute atomic E-state index is 13.4. The van der Waals surface area contributed by atoms with E-state index in [1.54, 1.807) is 4.68 Å². The molecule has 1 aromatic heterocycles. The fraction of sp³-hybridized carbons (Fsp3) is 0.583. The van der Waals surface area contributed by atoms with Crippen LogP contribution >= 0.6 is 0 Å². The van der Waals surface area contributed by atoms with Crippen molar-refractivity contribution in [2.75, 3.05) is 0 Å². The highest BCUT2D eigenvalue weighted by molar-refractivity contribution is 5.31. The minimum atomic E-state index is -0.169. The van der Waals surface area contributed by atoms with Crippen molar-refractivity contribution in [1.82, 2.24) is 13.9 Å². The van der Waals surface area contributed by atoms with Crippen molar-refractivity contribution in [3.63, 3.8) is 0 Å². The van der Waals surface area contributed by atoms with E-state index in [1.807, 2.05) is 35.0 Å². The molecule has 5 nitrogen and oxygen atoms in total. The molecule has 6 aliphatic carbocycles. The molecule has 0 amide bonds. The quantitative estimate of drug-likeness (QED) is 0.707. The van der Waals surface area contributed by atoms with Gasteiger partial charge in [0.25, 0.3) is 0 Å². The second-order valence-electron chi connectivity index (χ2n) is 10.6. The van der Waals surface area contributed by atoms with E-state index < -0.39 is 0 Å². The lowest BCUT2D eigenvalue weighted by molar-refractivity contribution is -0.0248. The highest BCUT2D eigenvalue weighted by atomic mass is 16.2. The van der Waals surface area contributed by atoms with Gasteiger partial charge in [0.15, 0.2) is 0 Å². The Hall–Kier alpha value is -2.30. The number of aromatic nitrogens is 3. The molecule has 2 aliphatic heterocycles. The molecule has 0 spiro atoms. The van der Waals surface area contributed by atoms with Crippen LogP contribution in [-0.4, -0.2) is 13.9 Å². The van der Waals surface area contributed by atoms with E-state index in [1.165, 1.54) is 30.3 Å². The molecule has 148 valence electrons. The monoisotopic (exact) mass is 387 g/mol. The Morgan fingerprint density at radius 1 is 0.690 bits per heavy atom. The second kappa shape index (κ2) is 4.88. The van der Waals surface area contributed by atoms with Gasteiger partial charge < -0.3 is 0 Å². The summed E-state index contributed by atoms with van der Waals surface area (Å²) < 4.78 is 5.00. The average molecular weight is 387 g/mol. The van der Waals surface area contributed by atoms with E-state index in [0.29, 0.717) is 17.5 Å². The molecule has 0 N–H and O–H groups in total. The van der Waals surface area contributed by atoms with Gasteiger partial charge in [-0.25, -0.2) is 23.5 Å². The third kappa shape index (κ3) is 1.75. The van der Waals surface area contributed by atoms with Gasteiger partial charge in [0, 0.05) is 0 Å². The molecule has 29 heavy (non-hydrogen) atoms. The van der Waals surface area contributed by atoms with E-state index in [2.05, 4.69) is 12.2 Å². The van der Waals surface area contributed by atoms with Crippen LogP contribution in [0.5, 0.6) is 0 Å². The molecule has 6 bridgehead atoms. The SMILES string of the molecule is O=c1n(-c2ccccc2)c(=O)n2n1[C@@H]1C=C[C@H]2[C@H]2[C@H]3CC4[C@@H]5C(C[C@@H](C3)C[C@@H]21)[C@@H]45. The van der Waals surface area contributed by atoms with Crippen LogP contribution in [0.4, 0.5) is 0 Å². The Morgan fingerprint density at radius 2 is 1.34 bits per heavy atom. The van der Waals surface area contributed by atoms with Gasteiger partial charge in [-0.3, -0.25) is 0 Å². The van der Waals surface area contributed by atoms with Crippen molar-refractivity contribution in [3.05, 3.63) is 63.5 Å². The van der Waals surface area contributed by atoms with Crippen LogP contribution in [0.25, 0.3) is 5.69 Å². The molecule has 3 heterocycles. The highest BCUT2D eigenvalue weighted by Crippen LogP contribution is 2.79. The average Bonchev–Trinajstić information content (AvgIpc) is 3.61. The zero-order chi connectivity index (χ0) is 19.0. The maximum atomic E-state index is 13.4. The van der Waals surface area contributed by atoms with Crippen molar-refractivity contribution >= 4 is 0 Å². The van der Waals surface area contributed by atoms with Crippen molar-refractivity contribution in [2.45, 2.75) is 37.8 Å². The summed E-state index contributed by atoms with van der Waals surface area (Å²) >= 11 is 0. The molecule has 0 radical (unpaired) electrons. The number of para-hydroxylation sites is 1. The number of rotatable bonds is 1. The molecule has 5 saturated carbocycles. The summed E-state index contributed by atoms with van der Waals surface area (Å²) in [7, 11) is 0. The van der Waals surface area contributed by atoms with E-state index in [9.17, 15) is 9.59 Å². The van der Waals surface area contributed by atoms with Crippen molar-refractivity contribution in [2.24, 2.45) is 47.3 Å². The van der Waals surface area contributed by atoms with Crippen LogP contribution in [-0.2, 0) is 0 Å². The Balaban J connectivity index is 1.29. The van der Waals surface area contributed by atoms with E-state index >= 15 is 0 Å². The fourth-order valence-electron chi connectivity index (χ4n) is 8.44. The van der Waals surface area contributed by atoms with Crippen LogP contribution in [0, 0.1) is 47.3 Å². The standard InChI is InChI=1S/C24H25N3O2/c28-23-25(14-4-2-1-3-5-14)24(29)27-19-7-6-18(26(23)27)15-9-12-8-13(20(15)19)11-17-21-16(10-12)22(17)21/h1-7,12-13,15-22H,8-11H2/t12-,13+,15+,16?,17?,18+,19-,20-,21-,22-/m0/s1. The van der Waals surface area contributed by atoms with Gasteiger partial charge in [-0.05, 0) is 85.2 Å². The summed E-state index contributed by atoms with van der Waals surface area (Å²) in [5.41, 5.74) is 0.342. The van der Waals surface area contributed by atoms with Gasteiger partial charge in [0.2, 0.25) is 0 Å². The van der Waals surface area contributed by atoms with E-state index in [-0.39, 0.29) is 23.5 Å². The van der Waals surface area contributed by atoms with Crippen molar-refractivity contribution in [1.29, 1.82) is 0 Å². The largest absolute Gasteiger partial charge is 0.352 e. The van der Waals surface area contributed by atoms with Crippen molar-refractivity contribution < 1.29 is 0 Å². The third-order valence-electron chi connectivity index (χ3n) is 9.53. The number of allylic oxidation sites excluding steroid dienone is 2. The zero-order valence-electron chi connectivity index (χ0n) is 16.3. The number of nitrogens with zero attached hydrogens (tertiary/aromatic N) is 3. The minimum absolute atomic E-state index is 0.0450. The second-order valence-corrected chi connectivity index (χ2v) is 10.6. The van der Waals surface area contributed by atoms with E-state index in [4.69, 9.17) is 0 Å².